The number of alkyl halides is 3. The van der Waals surface area contributed by atoms with E-state index in [1.807, 2.05) is 13.0 Å². The molecule has 0 spiro atoms. The van der Waals surface area contributed by atoms with E-state index in [9.17, 15) is 22.8 Å². The fourth-order valence-electron chi connectivity index (χ4n) is 5.49. The van der Waals surface area contributed by atoms with Crippen LogP contribution in [-0.4, -0.2) is 88.0 Å². The minimum atomic E-state index is -5.08. The highest BCUT2D eigenvalue weighted by Crippen LogP contribution is 2.32. The molecule has 0 bridgehead atoms. The van der Waals surface area contributed by atoms with Gasteiger partial charge in [0.15, 0.2) is 5.65 Å². The zero-order valence-electron chi connectivity index (χ0n) is 28.3. The van der Waals surface area contributed by atoms with E-state index >= 15 is 8.78 Å². The fourth-order valence-corrected chi connectivity index (χ4v) is 5.49. The van der Waals surface area contributed by atoms with Gasteiger partial charge in [0.05, 0.1) is 11.8 Å². The zero-order valence-corrected chi connectivity index (χ0v) is 28.3. The van der Waals surface area contributed by atoms with E-state index in [1.54, 1.807) is 18.2 Å². The van der Waals surface area contributed by atoms with Crippen molar-refractivity contribution in [2.24, 2.45) is 0 Å². The summed E-state index contributed by atoms with van der Waals surface area (Å²) in [6, 6.07) is 11.5. The molecule has 3 heterocycles. The van der Waals surface area contributed by atoms with Crippen LogP contribution in [0.1, 0.15) is 49.0 Å². The number of aryl methyl sites for hydroxylation is 1. The van der Waals surface area contributed by atoms with Crippen molar-refractivity contribution in [3.8, 4) is 16.9 Å². The lowest BCUT2D eigenvalue weighted by Gasteiger charge is -2.18. The number of fused-ring (bicyclic) bond motifs is 1. The molecule has 0 saturated carbocycles. The van der Waals surface area contributed by atoms with Crippen LogP contribution in [-0.2, 0) is 9.53 Å². The summed E-state index contributed by atoms with van der Waals surface area (Å²) in [6.45, 7) is 10.5. The third-order valence-electron chi connectivity index (χ3n) is 8.25. The zero-order chi connectivity index (χ0) is 37.3. The Morgan fingerprint density at radius 2 is 1.75 bits per heavy atom. The van der Waals surface area contributed by atoms with E-state index in [2.05, 4.69) is 34.4 Å². The average Bonchev–Trinajstić information content (AvgIpc) is 3.62. The molecule has 1 unspecified atom stereocenters. The number of benzene rings is 2. The molecule has 0 aliphatic carbocycles. The number of aliphatic carboxylic acids is 1. The monoisotopic (exact) mass is 718 g/mol. The second-order valence-corrected chi connectivity index (χ2v) is 11.7. The molecule has 4 aromatic rings. The molecule has 2 aromatic carbocycles. The molecule has 274 valence electrons. The number of carboxylic acids is 1. The maximum absolute atomic E-state index is 15.0. The van der Waals surface area contributed by atoms with E-state index in [-0.39, 0.29) is 23.6 Å². The topological polar surface area (TPSA) is 139 Å². The average molecular weight is 719 g/mol. The SMILES string of the molecule is CCN(CC)CCCNc1nc(-c2cc(C(=O)NCC3CCCO3)ccc2C)c2ccc(=O)n(-c3c(F)cccc3F)c2n1.O=C(O)C(F)(F)F. The molecule has 1 aliphatic heterocycles. The number of anilines is 1. The van der Waals surface area contributed by atoms with Crippen molar-refractivity contribution in [2.45, 2.75) is 52.3 Å². The Morgan fingerprint density at radius 1 is 1.06 bits per heavy atom. The van der Waals surface area contributed by atoms with Gasteiger partial charge in [-0.2, -0.15) is 18.2 Å². The Kier molecular flexibility index (Phi) is 13.2. The number of rotatable bonds is 12. The van der Waals surface area contributed by atoms with Crippen LogP contribution in [0.25, 0.3) is 28.0 Å². The summed E-state index contributed by atoms with van der Waals surface area (Å²) < 4.78 is 68.4. The lowest BCUT2D eigenvalue weighted by atomic mass is 9.99. The maximum Gasteiger partial charge on any atom is 0.490 e. The molecule has 11 nitrogen and oxygen atoms in total. The van der Waals surface area contributed by atoms with Gasteiger partial charge in [-0.15, -0.1) is 0 Å². The van der Waals surface area contributed by atoms with E-state index < -0.39 is 35.0 Å². The van der Waals surface area contributed by atoms with Crippen molar-refractivity contribution >= 4 is 28.9 Å². The van der Waals surface area contributed by atoms with Crippen molar-refractivity contribution in [1.82, 2.24) is 24.8 Å². The number of amides is 1. The van der Waals surface area contributed by atoms with Gasteiger partial charge in [0.25, 0.3) is 11.5 Å². The summed E-state index contributed by atoms with van der Waals surface area (Å²) >= 11 is 0. The maximum atomic E-state index is 15.0. The van der Waals surface area contributed by atoms with Gasteiger partial charge in [0.1, 0.15) is 17.3 Å². The predicted molar refractivity (Wildman–Crippen MR) is 181 cm³/mol. The number of para-hydroxylation sites is 1. The third kappa shape index (κ3) is 9.85. The lowest BCUT2D eigenvalue weighted by Crippen LogP contribution is -2.31. The van der Waals surface area contributed by atoms with Gasteiger partial charge in [-0.05, 0) is 81.7 Å². The van der Waals surface area contributed by atoms with Crippen LogP contribution >= 0.6 is 0 Å². The summed E-state index contributed by atoms with van der Waals surface area (Å²) in [5.41, 5.74) is 1.20. The van der Waals surface area contributed by atoms with Gasteiger partial charge in [0.2, 0.25) is 5.95 Å². The largest absolute Gasteiger partial charge is 0.490 e. The minimum Gasteiger partial charge on any atom is -0.475 e. The lowest BCUT2D eigenvalue weighted by molar-refractivity contribution is -0.192. The minimum absolute atomic E-state index is 0.000511. The van der Waals surface area contributed by atoms with Gasteiger partial charge >= 0.3 is 12.1 Å². The van der Waals surface area contributed by atoms with Crippen LogP contribution in [0.2, 0.25) is 0 Å². The number of pyridine rings is 1. The molecule has 5 rings (SSSR count). The Labute approximate surface area is 290 Å². The van der Waals surface area contributed by atoms with Crippen molar-refractivity contribution in [1.29, 1.82) is 0 Å². The molecule has 0 radical (unpaired) electrons. The molecular formula is C35H39F5N6O5. The Bertz CT molecular complexity index is 1890. The summed E-state index contributed by atoms with van der Waals surface area (Å²) in [4.78, 5) is 46.9. The number of carboxylic acid groups (broad SMARTS) is 1. The number of hydrogen-bond donors (Lipinski definition) is 3. The first kappa shape index (κ1) is 38.8. The van der Waals surface area contributed by atoms with Crippen molar-refractivity contribution in [3.63, 3.8) is 0 Å². The molecule has 1 atom stereocenters. The fraction of sp³-hybridized carbons (Fsp3) is 0.400. The first-order chi connectivity index (χ1) is 24.2. The quantitative estimate of drug-likeness (QED) is 0.124. The molecule has 2 aromatic heterocycles. The normalized spacial score (nSPS) is 14.3. The molecule has 1 amide bonds. The number of halogens is 5. The molecule has 51 heavy (non-hydrogen) atoms. The number of ether oxygens (including phenoxy) is 1. The van der Waals surface area contributed by atoms with Gasteiger partial charge in [0, 0.05) is 42.3 Å². The van der Waals surface area contributed by atoms with Crippen LogP contribution in [0.15, 0.2) is 53.3 Å². The van der Waals surface area contributed by atoms with Crippen LogP contribution < -0.4 is 16.2 Å². The molecule has 16 heteroatoms. The third-order valence-corrected chi connectivity index (χ3v) is 8.25. The van der Waals surface area contributed by atoms with E-state index in [1.165, 1.54) is 12.1 Å². The molecule has 1 fully saturated rings. The molecule has 3 N–H and O–H groups in total. The highest BCUT2D eigenvalue weighted by molar-refractivity contribution is 5.98. The number of nitrogens with one attached hydrogen (secondary N) is 2. The van der Waals surface area contributed by atoms with Crippen LogP contribution in [0, 0.1) is 18.6 Å². The van der Waals surface area contributed by atoms with Crippen molar-refractivity contribution < 1.29 is 41.4 Å². The Morgan fingerprint density at radius 3 is 2.35 bits per heavy atom. The van der Waals surface area contributed by atoms with Gasteiger partial charge < -0.3 is 25.4 Å². The summed E-state index contributed by atoms with van der Waals surface area (Å²) in [6.07, 6.45) is -2.40. The molecule has 1 saturated heterocycles. The number of nitrogens with zero attached hydrogens (tertiary/aromatic N) is 4. The highest BCUT2D eigenvalue weighted by Gasteiger charge is 2.38. The number of aromatic nitrogens is 3. The number of carbonyl (C=O) groups is 2. The first-order valence-electron chi connectivity index (χ1n) is 16.4. The summed E-state index contributed by atoms with van der Waals surface area (Å²) in [5, 5.41) is 13.7. The smallest absolute Gasteiger partial charge is 0.475 e. The van der Waals surface area contributed by atoms with Crippen molar-refractivity contribution in [3.05, 3.63) is 81.6 Å². The first-order valence-corrected chi connectivity index (χ1v) is 16.4. The van der Waals surface area contributed by atoms with Crippen LogP contribution in [0.5, 0.6) is 0 Å². The van der Waals surface area contributed by atoms with Gasteiger partial charge in [-0.25, -0.2) is 18.6 Å². The van der Waals surface area contributed by atoms with E-state index in [0.717, 1.165) is 61.2 Å². The summed E-state index contributed by atoms with van der Waals surface area (Å²) in [5.74, 6) is -4.59. The second kappa shape index (κ2) is 17.3. The van der Waals surface area contributed by atoms with E-state index in [0.29, 0.717) is 41.9 Å². The van der Waals surface area contributed by atoms with Crippen LogP contribution in [0.3, 0.4) is 0 Å². The number of hydrogen-bond acceptors (Lipinski definition) is 8. The standard InChI is InChI=1S/C33H38F2N6O3.C2HF3O2/c1-4-40(5-2)17-8-16-36-33-38-29(25-19-22(13-12-21(25)3)32(43)37-20-23-9-7-18-44-23)24-14-15-28(42)41(31(24)39-33)30-26(34)10-6-11-27(30)35;3-2(4,5)1(6)7/h6,10-15,19,23H,4-5,7-9,16-18,20H2,1-3H3,(H,37,43)(H,36,38,39);(H,6,7). The highest BCUT2D eigenvalue weighted by atomic mass is 19.4. The predicted octanol–water partition coefficient (Wildman–Crippen LogP) is 5.72. The van der Waals surface area contributed by atoms with Gasteiger partial charge in [-0.1, -0.05) is 26.0 Å². The second-order valence-electron chi connectivity index (χ2n) is 11.7. The molecular weight excluding hydrogens is 679 g/mol. The Hall–Kier alpha value is -4.96. The number of carbonyl (C=O) groups excluding carboxylic acids is 1. The van der Waals surface area contributed by atoms with Crippen molar-refractivity contribution in [2.75, 3.05) is 44.6 Å². The van der Waals surface area contributed by atoms with Gasteiger partial charge in [-0.3, -0.25) is 14.2 Å². The Balaban J connectivity index is 0.000000755. The molecule has 1 aliphatic rings. The summed E-state index contributed by atoms with van der Waals surface area (Å²) in [7, 11) is 0. The van der Waals surface area contributed by atoms with E-state index in [4.69, 9.17) is 19.6 Å². The van der Waals surface area contributed by atoms with Crippen LogP contribution in [0.4, 0.5) is 27.9 Å².